The lowest BCUT2D eigenvalue weighted by Crippen LogP contribution is -2.27. The number of carbonyl (C=O) groups is 1. The Kier molecular flexibility index (Phi) is 5.31. The standard InChI is InChI=1S/C18H19N3O3S3/c1-4-20-17(22)16(26-18(20)25)10-13-9-11(2)21(12(13)3)14-5-7-15(8-6-14)27(19,23)24/h5-10H,4H2,1-3H3,(H2,19,23,24). The van der Waals surface area contributed by atoms with Crippen LogP contribution in [0.4, 0.5) is 0 Å². The first-order valence-electron chi connectivity index (χ1n) is 8.21. The number of nitrogens with two attached hydrogens (primary N) is 1. The molecular weight excluding hydrogens is 402 g/mol. The van der Waals surface area contributed by atoms with Crippen LogP contribution < -0.4 is 5.14 Å². The number of likely N-dealkylation sites (N-methyl/N-ethyl adjacent to an activating group) is 1. The Hall–Kier alpha value is -1.94. The summed E-state index contributed by atoms with van der Waals surface area (Å²) < 4.78 is 25.4. The topological polar surface area (TPSA) is 85.4 Å². The number of aromatic nitrogens is 1. The van der Waals surface area contributed by atoms with Crippen LogP contribution in [0.2, 0.25) is 0 Å². The molecule has 0 atom stereocenters. The van der Waals surface area contributed by atoms with E-state index < -0.39 is 10.0 Å². The number of sulfonamides is 1. The van der Waals surface area contributed by atoms with Gasteiger partial charge in [0.2, 0.25) is 10.0 Å². The zero-order valence-electron chi connectivity index (χ0n) is 15.1. The fourth-order valence-electron chi connectivity index (χ4n) is 3.03. The summed E-state index contributed by atoms with van der Waals surface area (Å²) in [6.45, 7) is 6.35. The van der Waals surface area contributed by atoms with Crippen molar-refractivity contribution in [2.45, 2.75) is 25.7 Å². The van der Waals surface area contributed by atoms with Crippen molar-refractivity contribution in [1.29, 1.82) is 0 Å². The monoisotopic (exact) mass is 421 g/mol. The molecule has 1 aromatic heterocycles. The number of primary sulfonamides is 1. The number of aryl methyl sites for hydroxylation is 1. The second-order valence-corrected chi connectivity index (χ2v) is 9.36. The Balaban J connectivity index is 2.00. The number of benzene rings is 1. The van der Waals surface area contributed by atoms with E-state index in [4.69, 9.17) is 17.4 Å². The van der Waals surface area contributed by atoms with Gasteiger partial charge in [0.1, 0.15) is 4.32 Å². The summed E-state index contributed by atoms with van der Waals surface area (Å²) in [5.74, 6) is -0.0743. The molecule has 27 heavy (non-hydrogen) atoms. The van der Waals surface area contributed by atoms with Crippen LogP contribution in [0.5, 0.6) is 0 Å². The van der Waals surface area contributed by atoms with Gasteiger partial charge >= 0.3 is 0 Å². The number of carbonyl (C=O) groups excluding carboxylic acids is 1. The van der Waals surface area contributed by atoms with E-state index >= 15 is 0 Å². The summed E-state index contributed by atoms with van der Waals surface area (Å²) in [5.41, 5.74) is 3.64. The lowest BCUT2D eigenvalue weighted by atomic mass is 10.2. The summed E-state index contributed by atoms with van der Waals surface area (Å²) in [4.78, 5) is 14.7. The molecule has 1 aromatic carbocycles. The first-order valence-corrected chi connectivity index (χ1v) is 11.0. The molecule has 0 saturated carbocycles. The van der Waals surface area contributed by atoms with E-state index in [1.165, 1.54) is 23.9 Å². The second kappa shape index (κ2) is 7.23. The second-order valence-electron chi connectivity index (χ2n) is 6.13. The largest absolute Gasteiger partial charge is 0.318 e. The minimum Gasteiger partial charge on any atom is -0.318 e. The molecule has 2 aromatic rings. The molecule has 9 heteroatoms. The van der Waals surface area contributed by atoms with Crippen LogP contribution in [0.25, 0.3) is 11.8 Å². The summed E-state index contributed by atoms with van der Waals surface area (Å²) in [6, 6.07) is 8.37. The maximum atomic E-state index is 12.4. The first kappa shape index (κ1) is 19.8. The molecule has 0 aliphatic carbocycles. The number of thiocarbonyl (C=S) groups is 1. The molecule has 2 N–H and O–H groups in total. The van der Waals surface area contributed by atoms with Gasteiger partial charge in [0.05, 0.1) is 9.80 Å². The molecule has 0 unspecified atom stereocenters. The Bertz CT molecular complexity index is 1070. The summed E-state index contributed by atoms with van der Waals surface area (Å²) in [5, 5.41) is 5.16. The van der Waals surface area contributed by atoms with E-state index in [-0.39, 0.29) is 10.8 Å². The van der Waals surface area contributed by atoms with E-state index in [0.29, 0.717) is 15.8 Å². The third-order valence-electron chi connectivity index (χ3n) is 4.37. The van der Waals surface area contributed by atoms with Gasteiger partial charge in [-0.1, -0.05) is 24.0 Å². The third-order valence-corrected chi connectivity index (χ3v) is 6.68. The molecule has 0 spiro atoms. The smallest absolute Gasteiger partial charge is 0.266 e. The average molecular weight is 422 g/mol. The lowest BCUT2D eigenvalue weighted by Gasteiger charge is -2.10. The quantitative estimate of drug-likeness (QED) is 0.606. The fourth-order valence-corrected chi connectivity index (χ4v) is 4.92. The van der Waals surface area contributed by atoms with Crippen molar-refractivity contribution in [3.05, 3.63) is 52.2 Å². The fraction of sp³-hybridized carbons (Fsp3) is 0.222. The molecule has 2 heterocycles. The first-order chi connectivity index (χ1) is 12.6. The SMILES string of the molecule is CCN1C(=O)C(=Cc2cc(C)n(-c3ccc(S(N)(=O)=O)cc3)c2C)SC1=S. The number of amides is 1. The van der Waals surface area contributed by atoms with Crippen molar-refractivity contribution in [2.75, 3.05) is 6.54 Å². The van der Waals surface area contributed by atoms with Gasteiger partial charge in [-0.25, -0.2) is 13.6 Å². The van der Waals surface area contributed by atoms with Crippen LogP contribution in [0.15, 0.2) is 40.1 Å². The highest BCUT2D eigenvalue weighted by Gasteiger charge is 2.30. The summed E-state index contributed by atoms with van der Waals surface area (Å²) in [6.07, 6.45) is 1.85. The third kappa shape index (κ3) is 3.73. The molecule has 0 bridgehead atoms. The summed E-state index contributed by atoms with van der Waals surface area (Å²) in [7, 11) is -3.73. The predicted molar refractivity (Wildman–Crippen MR) is 112 cm³/mol. The van der Waals surface area contributed by atoms with Gasteiger partial charge in [0, 0.05) is 23.6 Å². The highest BCUT2D eigenvalue weighted by atomic mass is 32.2. The molecule has 1 fully saturated rings. The Morgan fingerprint density at radius 1 is 1.22 bits per heavy atom. The number of hydrogen-bond acceptors (Lipinski definition) is 5. The van der Waals surface area contributed by atoms with Gasteiger partial charge in [0.15, 0.2) is 0 Å². The molecule has 3 rings (SSSR count). The highest BCUT2D eigenvalue weighted by molar-refractivity contribution is 8.26. The minimum atomic E-state index is -3.73. The van der Waals surface area contributed by atoms with Gasteiger partial charge < -0.3 is 4.57 Å². The Morgan fingerprint density at radius 2 is 1.85 bits per heavy atom. The predicted octanol–water partition coefficient (Wildman–Crippen LogP) is 2.96. The Labute approximate surface area is 168 Å². The molecule has 6 nitrogen and oxygen atoms in total. The summed E-state index contributed by atoms with van der Waals surface area (Å²) >= 11 is 6.56. The van der Waals surface area contributed by atoms with E-state index in [0.717, 1.165) is 22.6 Å². The van der Waals surface area contributed by atoms with Crippen molar-refractivity contribution in [1.82, 2.24) is 9.47 Å². The van der Waals surface area contributed by atoms with Crippen LogP contribution in [-0.4, -0.2) is 34.7 Å². The van der Waals surface area contributed by atoms with Crippen molar-refractivity contribution in [3.63, 3.8) is 0 Å². The van der Waals surface area contributed by atoms with Gasteiger partial charge in [-0.2, -0.15) is 0 Å². The van der Waals surface area contributed by atoms with Crippen molar-refractivity contribution >= 4 is 50.3 Å². The van der Waals surface area contributed by atoms with E-state index in [1.54, 1.807) is 17.0 Å². The minimum absolute atomic E-state index is 0.0668. The maximum Gasteiger partial charge on any atom is 0.266 e. The normalized spacial score (nSPS) is 16.6. The van der Waals surface area contributed by atoms with Gasteiger partial charge in [0.25, 0.3) is 5.91 Å². The van der Waals surface area contributed by atoms with E-state index in [1.807, 2.05) is 37.5 Å². The highest BCUT2D eigenvalue weighted by Crippen LogP contribution is 2.33. The van der Waals surface area contributed by atoms with Crippen molar-refractivity contribution in [3.8, 4) is 5.69 Å². The molecular formula is C18H19N3O3S3. The molecule has 0 radical (unpaired) electrons. The maximum absolute atomic E-state index is 12.4. The zero-order chi connectivity index (χ0) is 19.9. The zero-order valence-corrected chi connectivity index (χ0v) is 17.5. The number of hydrogen-bond donors (Lipinski definition) is 1. The average Bonchev–Trinajstić information content (AvgIpc) is 3.02. The van der Waals surface area contributed by atoms with Gasteiger partial charge in [-0.15, -0.1) is 0 Å². The van der Waals surface area contributed by atoms with E-state index in [2.05, 4.69) is 0 Å². The Morgan fingerprint density at radius 3 is 2.37 bits per heavy atom. The number of rotatable bonds is 4. The van der Waals surface area contributed by atoms with Gasteiger partial charge in [-0.3, -0.25) is 9.69 Å². The van der Waals surface area contributed by atoms with Crippen molar-refractivity contribution in [2.24, 2.45) is 5.14 Å². The van der Waals surface area contributed by atoms with E-state index in [9.17, 15) is 13.2 Å². The van der Waals surface area contributed by atoms with Crippen LogP contribution >= 0.6 is 24.0 Å². The van der Waals surface area contributed by atoms with Crippen LogP contribution in [-0.2, 0) is 14.8 Å². The number of thioether (sulfide) groups is 1. The molecule has 1 saturated heterocycles. The van der Waals surface area contributed by atoms with Gasteiger partial charge in [-0.05, 0) is 62.7 Å². The van der Waals surface area contributed by atoms with Crippen molar-refractivity contribution < 1.29 is 13.2 Å². The molecule has 142 valence electrons. The molecule has 1 amide bonds. The molecule has 1 aliphatic heterocycles. The van der Waals surface area contributed by atoms with Crippen LogP contribution in [0.3, 0.4) is 0 Å². The van der Waals surface area contributed by atoms with Crippen LogP contribution in [0.1, 0.15) is 23.9 Å². The number of nitrogens with zero attached hydrogens (tertiary/aromatic N) is 2. The van der Waals surface area contributed by atoms with Crippen LogP contribution in [0, 0.1) is 13.8 Å². The lowest BCUT2D eigenvalue weighted by molar-refractivity contribution is -0.121. The molecule has 1 aliphatic rings.